The molecule has 0 aliphatic heterocycles. The maximum absolute atomic E-state index is 3.41. The molecule has 2 aromatic carbocycles. The summed E-state index contributed by atoms with van der Waals surface area (Å²) in [4.78, 5) is 3.41. The van der Waals surface area contributed by atoms with E-state index in [4.69, 9.17) is 0 Å². The zero-order chi connectivity index (χ0) is 10.5. The van der Waals surface area contributed by atoms with Crippen LogP contribution in [0.25, 0.3) is 22.0 Å². The lowest BCUT2D eigenvalue weighted by molar-refractivity contribution is 1.35. The molecule has 0 saturated carbocycles. The number of aromatic nitrogens is 1. The van der Waals surface area contributed by atoms with E-state index in [1.807, 2.05) is 0 Å². The highest BCUT2D eigenvalue weighted by Crippen LogP contribution is 2.42. The van der Waals surface area contributed by atoms with E-state index in [1.54, 1.807) is 0 Å². The van der Waals surface area contributed by atoms with Crippen molar-refractivity contribution in [3.05, 3.63) is 66.2 Å². The number of fused-ring (bicyclic) bond motifs is 5. The predicted octanol–water partition coefficient (Wildman–Crippen LogP) is 3.63. The van der Waals surface area contributed by atoms with Crippen molar-refractivity contribution < 1.29 is 0 Å². The highest BCUT2D eigenvalue weighted by Gasteiger charge is 2.22. The highest BCUT2D eigenvalue weighted by atomic mass is 14.7. The molecule has 0 saturated heterocycles. The van der Waals surface area contributed by atoms with Gasteiger partial charge < -0.3 is 4.98 Å². The molecule has 74 valence electrons. The number of nitrogens with one attached hydrogen (secondary N) is 1. The van der Waals surface area contributed by atoms with Gasteiger partial charge in [-0.3, -0.25) is 0 Å². The first-order valence-corrected chi connectivity index (χ1v) is 5.40. The van der Waals surface area contributed by atoms with Gasteiger partial charge in [0, 0.05) is 22.2 Å². The van der Waals surface area contributed by atoms with Crippen molar-refractivity contribution in [3.63, 3.8) is 0 Å². The van der Waals surface area contributed by atoms with E-state index in [2.05, 4.69) is 59.9 Å². The van der Waals surface area contributed by atoms with Crippen molar-refractivity contribution >= 4 is 10.9 Å². The van der Waals surface area contributed by atoms with Crippen LogP contribution >= 0.6 is 0 Å². The maximum Gasteiger partial charge on any atom is 0.0695 e. The molecule has 16 heavy (non-hydrogen) atoms. The molecule has 0 atom stereocenters. The second kappa shape index (κ2) is 2.76. The molecular weight excluding hydrogens is 194 g/mol. The molecular formula is C15H9N. The van der Waals surface area contributed by atoms with Gasteiger partial charge in [-0.25, -0.2) is 0 Å². The zero-order valence-electron chi connectivity index (χ0n) is 8.62. The van der Waals surface area contributed by atoms with Crippen molar-refractivity contribution in [2.24, 2.45) is 0 Å². The number of H-pyrrole nitrogens is 1. The average molecular weight is 203 g/mol. The molecule has 1 aliphatic rings. The van der Waals surface area contributed by atoms with Crippen LogP contribution in [0.4, 0.5) is 0 Å². The molecule has 0 amide bonds. The summed E-state index contributed by atoms with van der Waals surface area (Å²) in [7, 11) is 0. The summed E-state index contributed by atoms with van der Waals surface area (Å²) in [6, 6.07) is 16.8. The predicted molar refractivity (Wildman–Crippen MR) is 65.2 cm³/mol. The van der Waals surface area contributed by atoms with E-state index >= 15 is 0 Å². The summed E-state index contributed by atoms with van der Waals surface area (Å²) < 4.78 is 0. The average Bonchev–Trinajstić information content (AvgIpc) is 2.83. The highest BCUT2D eigenvalue weighted by molar-refractivity contribution is 6.02. The minimum atomic E-state index is 1.11. The van der Waals surface area contributed by atoms with E-state index in [1.165, 1.54) is 27.6 Å². The molecule has 1 aromatic heterocycles. The molecule has 1 nitrogen and oxygen atoms in total. The Morgan fingerprint density at radius 1 is 0.875 bits per heavy atom. The molecule has 3 aromatic rings. The first-order valence-electron chi connectivity index (χ1n) is 5.40. The van der Waals surface area contributed by atoms with Crippen molar-refractivity contribution in [3.8, 4) is 11.1 Å². The van der Waals surface area contributed by atoms with Crippen LogP contribution in [0.1, 0.15) is 11.3 Å². The first-order chi connectivity index (χ1) is 7.93. The molecule has 2 radical (unpaired) electrons. The number of hydrogen-bond acceptors (Lipinski definition) is 0. The van der Waals surface area contributed by atoms with Crippen molar-refractivity contribution in [1.29, 1.82) is 0 Å². The monoisotopic (exact) mass is 203 g/mol. The summed E-state index contributed by atoms with van der Waals surface area (Å²) in [5.74, 6) is 0. The van der Waals surface area contributed by atoms with Crippen LogP contribution in [0, 0.1) is 6.42 Å². The van der Waals surface area contributed by atoms with Gasteiger partial charge >= 0.3 is 0 Å². The maximum atomic E-state index is 3.41. The molecule has 1 N–H and O–H groups in total. The number of para-hydroxylation sites is 1. The summed E-state index contributed by atoms with van der Waals surface area (Å²) in [6.07, 6.45) is 3.41. The molecule has 0 unspecified atom stereocenters. The van der Waals surface area contributed by atoms with Crippen molar-refractivity contribution in [1.82, 2.24) is 4.98 Å². The van der Waals surface area contributed by atoms with Crippen LogP contribution in [0.3, 0.4) is 0 Å². The zero-order valence-corrected chi connectivity index (χ0v) is 8.62. The third-order valence-corrected chi connectivity index (χ3v) is 3.16. The standard InChI is InChI=1S/C15H9N/c1-2-6-11-10(5-1)9-14-15(11)12-7-3-4-8-13(12)16-14/h1-8,16H. The number of hydrogen-bond donors (Lipinski definition) is 1. The van der Waals surface area contributed by atoms with E-state index in [-0.39, 0.29) is 0 Å². The quantitative estimate of drug-likeness (QED) is 0.449. The van der Waals surface area contributed by atoms with Crippen LogP contribution in [0.5, 0.6) is 0 Å². The van der Waals surface area contributed by atoms with Gasteiger partial charge in [0.1, 0.15) is 0 Å². The minimum Gasteiger partial charge on any atom is -0.357 e. The van der Waals surface area contributed by atoms with Crippen molar-refractivity contribution in [2.75, 3.05) is 0 Å². The SMILES string of the molecule is [C]1c2ccccc2-c2c1[nH]c1ccccc21. The molecule has 1 aliphatic carbocycles. The Bertz CT molecular complexity index is 691. The minimum absolute atomic E-state index is 1.11. The summed E-state index contributed by atoms with van der Waals surface area (Å²) in [5.41, 5.74) is 6.08. The number of rotatable bonds is 0. The molecule has 4 rings (SSSR count). The van der Waals surface area contributed by atoms with Gasteiger partial charge in [0.25, 0.3) is 0 Å². The molecule has 0 bridgehead atoms. The summed E-state index contributed by atoms with van der Waals surface area (Å²) in [5, 5.41) is 1.29. The van der Waals surface area contributed by atoms with Gasteiger partial charge in [-0.15, -0.1) is 0 Å². The lowest BCUT2D eigenvalue weighted by atomic mass is 10.0. The third kappa shape index (κ3) is 0.904. The Labute approximate surface area is 93.7 Å². The Balaban J connectivity index is 2.15. The Hall–Kier alpha value is -2.02. The van der Waals surface area contributed by atoms with E-state index in [0.717, 1.165) is 5.69 Å². The Kier molecular flexibility index (Phi) is 1.41. The largest absolute Gasteiger partial charge is 0.357 e. The lowest BCUT2D eigenvalue weighted by Crippen LogP contribution is -1.78. The molecule has 0 fully saturated rings. The molecule has 0 spiro atoms. The normalized spacial score (nSPS) is 12.8. The molecule has 1 heterocycles. The van der Waals surface area contributed by atoms with E-state index in [0.29, 0.717) is 0 Å². The van der Waals surface area contributed by atoms with Gasteiger partial charge in [-0.05, 0) is 17.2 Å². The van der Waals surface area contributed by atoms with Crippen LogP contribution in [-0.2, 0) is 0 Å². The van der Waals surface area contributed by atoms with Gasteiger partial charge in [0.05, 0.1) is 6.42 Å². The van der Waals surface area contributed by atoms with Gasteiger partial charge in [-0.1, -0.05) is 42.5 Å². The van der Waals surface area contributed by atoms with E-state index < -0.39 is 0 Å². The van der Waals surface area contributed by atoms with Gasteiger partial charge in [0.15, 0.2) is 0 Å². The fraction of sp³-hybridized carbons (Fsp3) is 0. The van der Waals surface area contributed by atoms with Gasteiger partial charge in [0.2, 0.25) is 0 Å². The lowest BCUT2D eigenvalue weighted by Gasteiger charge is -1.99. The van der Waals surface area contributed by atoms with Crippen LogP contribution in [-0.4, -0.2) is 4.98 Å². The van der Waals surface area contributed by atoms with Crippen LogP contribution in [0.2, 0.25) is 0 Å². The Morgan fingerprint density at radius 3 is 2.69 bits per heavy atom. The number of aromatic amines is 1. The van der Waals surface area contributed by atoms with E-state index in [9.17, 15) is 0 Å². The fourth-order valence-electron chi connectivity index (χ4n) is 2.46. The second-order valence-electron chi connectivity index (χ2n) is 4.09. The van der Waals surface area contributed by atoms with Crippen molar-refractivity contribution in [2.45, 2.75) is 0 Å². The van der Waals surface area contributed by atoms with Gasteiger partial charge in [-0.2, -0.15) is 0 Å². The Morgan fingerprint density at radius 2 is 1.69 bits per heavy atom. The molecule has 1 heteroatoms. The van der Waals surface area contributed by atoms with Crippen LogP contribution < -0.4 is 0 Å². The second-order valence-corrected chi connectivity index (χ2v) is 4.09. The van der Waals surface area contributed by atoms with Crippen LogP contribution in [0.15, 0.2) is 48.5 Å². The smallest absolute Gasteiger partial charge is 0.0695 e. The summed E-state index contributed by atoms with van der Waals surface area (Å²) >= 11 is 0. The number of benzene rings is 2. The summed E-state index contributed by atoms with van der Waals surface area (Å²) in [6.45, 7) is 0. The first kappa shape index (κ1) is 8.17. The topological polar surface area (TPSA) is 15.8 Å². The third-order valence-electron chi connectivity index (χ3n) is 3.16. The fourth-order valence-corrected chi connectivity index (χ4v) is 2.46.